The Morgan fingerprint density at radius 2 is 1.91 bits per heavy atom. The molecule has 1 fully saturated rings. The first-order valence-electron chi connectivity index (χ1n) is 13.2. The number of piperidine rings is 1. The monoisotopic (exact) mass is 502 g/mol. The van der Waals surface area contributed by atoms with E-state index in [9.17, 15) is 4.79 Å². The summed E-state index contributed by atoms with van der Waals surface area (Å²) >= 11 is 12.7. The SMILES string of the molecule is CC(C)[C@H](CN1CCC(C2C=CC(Cl)=CC2)CC1)NC(=O)C1C=C(C2C=CCCC2Cl)C=CC1. The molecule has 1 heterocycles. The summed E-state index contributed by atoms with van der Waals surface area (Å²) in [6.45, 7) is 7.57. The van der Waals surface area contributed by atoms with Crippen LogP contribution in [0, 0.1) is 29.6 Å². The summed E-state index contributed by atoms with van der Waals surface area (Å²) in [5, 5.41) is 4.39. The number of amides is 1. The molecule has 3 aliphatic carbocycles. The highest BCUT2D eigenvalue weighted by Crippen LogP contribution is 2.34. The summed E-state index contributed by atoms with van der Waals surface area (Å²) in [4.78, 5) is 15.8. The molecule has 0 spiro atoms. The van der Waals surface area contributed by atoms with E-state index in [4.69, 9.17) is 23.2 Å². The molecule has 0 radical (unpaired) electrons. The van der Waals surface area contributed by atoms with Gasteiger partial charge in [0.05, 0.1) is 5.92 Å². The topological polar surface area (TPSA) is 32.3 Å². The number of hydrogen-bond acceptors (Lipinski definition) is 2. The molecule has 5 heteroatoms. The maximum atomic E-state index is 13.3. The number of nitrogens with one attached hydrogen (secondary N) is 1. The maximum Gasteiger partial charge on any atom is 0.227 e. The fraction of sp³-hybridized carbons (Fsp3) is 0.621. The quantitative estimate of drug-likeness (QED) is 0.313. The maximum absolute atomic E-state index is 13.3. The van der Waals surface area contributed by atoms with Crippen LogP contribution in [0.4, 0.5) is 0 Å². The largest absolute Gasteiger partial charge is 0.351 e. The minimum absolute atomic E-state index is 0.107. The van der Waals surface area contributed by atoms with Crippen molar-refractivity contribution in [3.05, 3.63) is 59.2 Å². The van der Waals surface area contributed by atoms with Gasteiger partial charge in [0.15, 0.2) is 0 Å². The molecule has 186 valence electrons. The molecule has 34 heavy (non-hydrogen) atoms. The van der Waals surface area contributed by atoms with Gasteiger partial charge in [0.25, 0.3) is 0 Å². The van der Waals surface area contributed by atoms with Crippen LogP contribution >= 0.6 is 23.2 Å². The lowest BCUT2D eigenvalue weighted by atomic mass is 9.80. The highest BCUT2D eigenvalue weighted by Gasteiger charge is 2.30. The van der Waals surface area contributed by atoms with Crippen molar-refractivity contribution in [1.82, 2.24) is 10.2 Å². The smallest absolute Gasteiger partial charge is 0.227 e. The third-order valence-electron chi connectivity index (χ3n) is 8.07. The second-order valence-corrected chi connectivity index (χ2v) is 11.8. The summed E-state index contributed by atoms with van der Waals surface area (Å²) in [6.07, 6.45) is 23.7. The van der Waals surface area contributed by atoms with Gasteiger partial charge in [-0.1, -0.05) is 68.0 Å². The first-order chi connectivity index (χ1) is 16.4. The molecule has 5 atom stereocenters. The van der Waals surface area contributed by atoms with Crippen LogP contribution in [0.25, 0.3) is 0 Å². The van der Waals surface area contributed by atoms with Crippen molar-refractivity contribution < 1.29 is 4.79 Å². The Morgan fingerprint density at radius 3 is 2.59 bits per heavy atom. The second-order valence-electron chi connectivity index (χ2n) is 10.8. The average molecular weight is 504 g/mol. The molecule has 1 saturated heterocycles. The van der Waals surface area contributed by atoms with E-state index in [2.05, 4.69) is 72.7 Å². The molecular formula is C29H40Cl2N2O. The molecule has 3 nitrogen and oxygen atoms in total. The van der Waals surface area contributed by atoms with Crippen molar-refractivity contribution in [2.45, 2.75) is 63.8 Å². The van der Waals surface area contributed by atoms with Crippen LogP contribution in [0.5, 0.6) is 0 Å². The molecule has 1 amide bonds. The van der Waals surface area contributed by atoms with Crippen molar-refractivity contribution in [1.29, 1.82) is 0 Å². The summed E-state index contributed by atoms with van der Waals surface area (Å²) in [7, 11) is 0. The van der Waals surface area contributed by atoms with Crippen LogP contribution in [0.3, 0.4) is 0 Å². The number of allylic oxidation sites excluding steroid dienone is 9. The fourth-order valence-electron chi connectivity index (χ4n) is 5.75. The molecule has 4 aliphatic rings. The lowest BCUT2D eigenvalue weighted by Gasteiger charge is -2.38. The number of hydrogen-bond donors (Lipinski definition) is 1. The fourth-order valence-corrected chi connectivity index (χ4v) is 6.26. The van der Waals surface area contributed by atoms with E-state index < -0.39 is 0 Å². The van der Waals surface area contributed by atoms with Crippen LogP contribution < -0.4 is 5.32 Å². The second kappa shape index (κ2) is 12.1. The molecule has 1 N–H and O–H groups in total. The van der Waals surface area contributed by atoms with E-state index in [-0.39, 0.29) is 29.2 Å². The molecule has 0 bridgehead atoms. The van der Waals surface area contributed by atoms with E-state index in [1.807, 2.05) is 0 Å². The number of rotatable bonds is 7. The zero-order valence-corrected chi connectivity index (χ0v) is 22.1. The predicted molar refractivity (Wildman–Crippen MR) is 144 cm³/mol. The van der Waals surface area contributed by atoms with Crippen LogP contribution in [-0.4, -0.2) is 41.9 Å². The number of alkyl halides is 1. The van der Waals surface area contributed by atoms with Crippen LogP contribution in [-0.2, 0) is 4.79 Å². The minimum atomic E-state index is -0.107. The van der Waals surface area contributed by atoms with Gasteiger partial charge in [-0.05, 0) is 81.0 Å². The summed E-state index contributed by atoms with van der Waals surface area (Å²) in [5.74, 6) is 2.01. The molecule has 4 unspecified atom stereocenters. The minimum Gasteiger partial charge on any atom is -0.351 e. The van der Waals surface area contributed by atoms with Gasteiger partial charge in [-0.3, -0.25) is 4.79 Å². The zero-order chi connectivity index (χ0) is 24.1. The normalized spacial score (nSPS) is 31.3. The third kappa shape index (κ3) is 6.68. The van der Waals surface area contributed by atoms with Crippen molar-refractivity contribution in [2.24, 2.45) is 29.6 Å². The van der Waals surface area contributed by atoms with Crippen molar-refractivity contribution in [2.75, 3.05) is 19.6 Å². The molecule has 0 aromatic carbocycles. The zero-order valence-electron chi connectivity index (χ0n) is 20.6. The molecule has 0 saturated carbocycles. The molecule has 1 aliphatic heterocycles. The molecule has 0 aromatic heterocycles. The Bertz CT molecular complexity index is 863. The van der Waals surface area contributed by atoms with E-state index in [1.54, 1.807) is 0 Å². The van der Waals surface area contributed by atoms with Crippen molar-refractivity contribution in [3.63, 3.8) is 0 Å². The number of halogens is 2. The number of carbonyl (C=O) groups excluding carboxylic acids is 1. The Balaban J connectivity index is 1.30. The molecule has 4 rings (SSSR count). The van der Waals surface area contributed by atoms with Gasteiger partial charge in [0, 0.05) is 28.9 Å². The van der Waals surface area contributed by atoms with E-state index in [0.717, 1.165) is 56.3 Å². The van der Waals surface area contributed by atoms with Gasteiger partial charge >= 0.3 is 0 Å². The standard InChI is InChI=1S/C29H40Cl2N2O/c1-20(2)28(19-33-16-14-22(15-17-33)21-10-12-25(30)13-11-21)32-29(34)24-7-5-6-23(18-24)26-8-3-4-9-27(26)31/h3,5-6,8,10,12-13,18,20-22,24,26-28H,4,7,9,11,14-17,19H2,1-2H3,(H,32,34)/t21?,24?,26?,27?,28-/m0/s1. The first-order valence-corrected chi connectivity index (χ1v) is 14.0. The van der Waals surface area contributed by atoms with Gasteiger partial charge < -0.3 is 10.2 Å². The van der Waals surface area contributed by atoms with Crippen LogP contribution in [0.15, 0.2) is 59.2 Å². The predicted octanol–water partition coefficient (Wildman–Crippen LogP) is 6.61. The molecule has 0 aromatic rings. The Hall–Kier alpha value is -1.29. The Kier molecular flexibility index (Phi) is 9.18. The number of carbonyl (C=O) groups is 1. The van der Waals surface area contributed by atoms with E-state index in [1.165, 1.54) is 18.4 Å². The lowest BCUT2D eigenvalue weighted by molar-refractivity contribution is -0.124. The number of nitrogens with zero attached hydrogens (tertiary/aromatic N) is 1. The third-order valence-corrected chi connectivity index (χ3v) is 8.84. The van der Waals surface area contributed by atoms with Gasteiger partial charge in [-0.2, -0.15) is 0 Å². The average Bonchev–Trinajstić information content (AvgIpc) is 2.85. The van der Waals surface area contributed by atoms with Gasteiger partial charge in [-0.15, -0.1) is 11.6 Å². The molecular weight excluding hydrogens is 463 g/mol. The summed E-state index contributed by atoms with van der Waals surface area (Å²) in [5.41, 5.74) is 1.19. The van der Waals surface area contributed by atoms with Gasteiger partial charge in [0.1, 0.15) is 0 Å². The first kappa shape index (κ1) is 25.8. The summed E-state index contributed by atoms with van der Waals surface area (Å²) < 4.78 is 0. The van der Waals surface area contributed by atoms with Crippen molar-refractivity contribution in [3.8, 4) is 0 Å². The lowest BCUT2D eigenvalue weighted by Crippen LogP contribution is -2.50. The Morgan fingerprint density at radius 1 is 1.12 bits per heavy atom. The summed E-state index contributed by atoms with van der Waals surface area (Å²) in [6, 6.07) is 0.165. The highest BCUT2D eigenvalue weighted by molar-refractivity contribution is 6.31. The Labute approximate surface area is 216 Å². The van der Waals surface area contributed by atoms with Gasteiger partial charge in [-0.25, -0.2) is 0 Å². The van der Waals surface area contributed by atoms with Crippen molar-refractivity contribution >= 4 is 29.1 Å². The number of likely N-dealkylation sites (tertiary alicyclic amines) is 1. The van der Waals surface area contributed by atoms with Gasteiger partial charge in [0.2, 0.25) is 5.91 Å². The highest BCUT2D eigenvalue weighted by atomic mass is 35.5. The van der Waals surface area contributed by atoms with Crippen LogP contribution in [0.2, 0.25) is 0 Å². The van der Waals surface area contributed by atoms with Crippen LogP contribution in [0.1, 0.15) is 52.4 Å². The van der Waals surface area contributed by atoms with E-state index in [0.29, 0.717) is 11.8 Å². The van der Waals surface area contributed by atoms with E-state index >= 15 is 0 Å².